The molecule has 0 radical (unpaired) electrons. The molecule has 1 saturated carbocycles. The Morgan fingerprint density at radius 1 is 1.29 bits per heavy atom. The summed E-state index contributed by atoms with van der Waals surface area (Å²) < 4.78 is 0. The van der Waals surface area contributed by atoms with Crippen molar-refractivity contribution in [3.8, 4) is 27.4 Å². The fraction of sp³-hybridized carbons (Fsp3) is 0.450. The number of nitrogens with zero attached hydrogens (tertiary/aromatic N) is 4. The highest BCUT2D eigenvalue weighted by Gasteiger charge is 2.46. The summed E-state index contributed by atoms with van der Waals surface area (Å²) in [5.41, 5.74) is 2.83. The van der Waals surface area contributed by atoms with Crippen molar-refractivity contribution < 1.29 is 5.11 Å². The van der Waals surface area contributed by atoms with Crippen LogP contribution in [0.15, 0.2) is 30.6 Å². The normalized spacial score (nSPS) is 26.5. The van der Waals surface area contributed by atoms with Crippen molar-refractivity contribution in [1.82, 2.24) is 25.7 Å². The number of H-pyrrole nitrogens is 1. The van der Waals surface area contributed by atoms with Crippen LogP contribution in [0.25, 0.3) is 21.7 Å². The molecule has 146 valence electrons. The Hall–Kier alpha value is -2.45. The topological polar surface area (TPSA) is 90.0 Å². The molecular weight excluding hydrogens is 372 g/mol. The van der Waals surface area contributed by atoms with Gasteiger partial charge in [0.1, 0.15) is 5.75 Å². The third kappa shape index (κ3) is 2.87. The van der Waals surface area contributed by atoms with Crippen molar-refractivity contribution >= 4 is 16.5 Å². The predicted molar refractivity (Wildman–Crippen MR) is 111 cm³/mol. The molecule has 2 aromatic heterocycles. The second kappa shape index (κ2) is 6.56. The van der Waals surface area contributed by atoms with Crippen LogP contribution in [0.4, 0.5) is 5.13 Å². The van der Waals surface area contributed by atoms with Crippen LogP contribution in [0.5, 0.6) is 5.75 Å². The van der Waals surface area contributed by atoms with Gasteiger partial charge in [0.05, 0.1) is 11.8 Å². The lowest BCUT2D eigenvalue weighted by Crippen LogP contribution is -2.62. The maximum atomic E-state index is 10.6. The lowest BCUT2D eigenvalue weighted by atomic mass is 9.66. The van der Waals surface area contributed by atoms with Gasteiger partial charge in [-0.3, -0.25) is 5.10 Å². The quantitative estimate of drug-likeness (QED) is 0.627. The number of piperidine rings is 2. The fourth-order valence-corrected chi connectivity index (χ4v) is 5.53. The predicted octanol–water partition coefficient (Wildman–Crippen LogP) is 3.27. The maximum absolute atomic E-state index is 10.6. The Bertz CT molecular complexity index is 977. The third-order valence-corrected chi connectivity index (χ3v) is 7.46. The average molecular weight is 397 g/mol. The van der Waals surface area contributed by atoms with Crippen molar-refractivity contribution in [3.63, 3.8) is 0 Å². The molecule has 4 heterocycles. The van der Waals surface area contributed by atoms with E-state index in [1.807, 2.05) is 12.1 Å². The molecule has 2 saturated heterocycles. The number of hydrogen-bond donors (Lipinski definition) is 3. The van der Waals surface area contributed by atoms with E-state index in [9.17, 15) is 5.11 Å². The molecule has 8 heteroatoms. The maximum Gasteiger partial charge on any atom is 0.208 e. The summed E-state index contributed by atoms with van der Waals surface area (Å²) in [7, 11) is 2.13. The summed E-state index contributed by atoms with van der Waals surface area (Å²) in [5.74, 6) is 0.205. The number of rotatable bonds is 4. The van der Waals surface area contributed by atoms with Crippen LogP contribution < -0.4 is 10.2 Å². The molecule has 3 fully saturated rings. The summed E-state index contributed by atoms with van der Waals surface area (Å²) >= 11 is 1.54. The molecular formula is C20H24N6OS. The fourth-order valence-electron chi connectivity index (χ4n) is 4.64. The van der Waals surface area contributed by atoms with Gasteiger partial charge >= 0.3 is 0 Å². The third-order valence-electron chi connectivity index (χ3n) is 6.41. The molecule has 6 rings (SSSR count). The van der Waals surface area contributed by atoms with Gasteiger partial charge in [-0.25, -0.2) is 0 Å². The van der Waals surface area contributed by atoms with Gasteiger partial charge in [-0.05, 0) is 37.0 Å². The standard InChI is InChI=1S/C20H24N6OS/c1-20-6-5-14(21-11-20)8-17(20)26(2)19-25-24-18(28-19)15-4-3-12(7-16(15)27)13-9-22-23-10-13/h3-4,7,9-10,14,17,21,27H,5-6,8,11H2,1-2H3,(H,22,23)/t14?,17-,20+/m0/s1. The second-order valence-electron chi connectivity index (χ2n) is 8.24. The first-order valence-electron chi connectivity index (χ1n) is 9.66. The zero-order valence-corrected chi connectivity index (χ0v) is 16.8. The van der Waals surface area contributed by atoms with Crippen molar-refractivity contribution in [3.05, 3.63) is 30.6 Å². The number of hydrogen-bond acceptors (Lipinski definition) is 7. The van der Waals surface area contributed by atoms with Crippen LogP contribution in [-0.2, 0) is 0 Å². The van der Waals surface area contributed by atoms with Gasteiger partial charge in [-0.2, -0.15) is 5.10 Å². The minimum atomic E-state index is 0.205. The number of phenols is 1. The highest BCUT2D eigenvalue weighted by molar-refractivity contribution is 7.18. The first-order chi connectivity index (χ1) is 13.5. The molecule has 3 atom stereocenters. The highest BCUT2D eigenvalue weighted by Crippen LogP contribution is 2.44. The van der Waals surface area contributed by atoms with Gasteiger partial charge in [-0.1, -0.05) is 24.3 Å². The highest BCUT2D eigenvalue weighted by atomic mass is 32.1. The minimum absolute atomic E-state index is 0.205. The van der Waals surface area contributed by atoms with E-state index in [0.29, 0.717) is 17.6 Å². The molecule has 3 N–H and O–H groups in total. The van der Waals surface area contributed by atoms with E-state index in [2.05, 4.69) is 44.6 Å². The number of fused-ring (bicyclic) bond motifs is 3. The zero-order chi connectivity index (χ0) is 19.3. The molecule has 0 spiro atoms. The van der Waals surface area contributed by atoms with E-state index >= 15 is 0 Å². The summed E-state index contributed by atoms with van der Waals surface area (Å²) in [5, 5.41) is 31.4. The Morgan fingerprint density at radius 3 is 2.86 bits per heavy atom. The summed E-state index contributed by atoms with van der Waals surface area (Å²) in [6.07, 6.45) is 7.20. The van der Waals surface area contributed by atoms with Gasteiger partial charge in [0, 0.05) is 42.9 Å². The smallest absolute Gasteiger partial charge is 0.208 e. The van der Waals surface area contributed by atoms with Crippen LogP contribution in [0.2, 0.25) is 0 Å². The van der Waals surface area contributed by atoms with Crippen LogP contribution in [0.3, 0.4) is 0 Å². The molecule has 28 heavy (non-hydrogen) atoms. The number of nitrogens with one attached hydrogen (secondary N) is 2. The molecule has 1 unspecified atom stereocenters. The van der Waals surface area contributed by atoms with E-state index < -0.39 is 0 Å². The van der Waals surface area contributed by atoms with E-state index in [4.69, 9.17) is 0 Å². The van der Waals surface area contributed by atoms with E-state index in [-0.39, 0.29) is 11.2 Å². The lowest BCUT2D eigenvalue weighted by Gasteiger charge is -2.53. The number of phenolic OH excluding ortho intramolecular Hbond substituents is 1. The van der Waals surface area contributed by atoms with Crippen LogP contribution in [0.1, 0.15) is 26.2 Å². The Balaban J connectivity index is 1.40. The first-order valence-corrected chi connectivity index (χ1v) is 10.5. The SMILES string of the molecule is CN(c1nnc(-c2ccc(-c3cn[nH]c3)cc2O)s1)[C@H]1CC2CC[C@]1(C)CN2. The van der Waals surface area contributed by atoms with E-state index in [0.717, 1.165) is 34.2 Å². The number of aromatic nitrogens is 4. The van der Waals surface area contributed by atoms with Crippen molar-refractivity contribution in [1.29, 1.82) is 0 Å². The van der Waals surface area contributed by atoms with E-state index in [1.54, 1.807) is 18.5 Å². The molecule has 1 aromatic carbocycles. The van der Waals surface area contributed by atoms with Crippen LogP contribution in [-0.4, -0.2) is 51.2 Å². The molecule has 1 aliphatic carbocycles. The molecule has 2 aliphatic heterocycles. The molecule has 3 aliphatic rings. The number of benzene rings is 1. The minimum Gasteiger partial charge on any atom is -0.507 e. The monoisotopic (exact) mass is 396 g/mol. The van der Waals surface area contributed by atoms with Crippen LogP contribution >= 0.6 is 11.3 Å². The Labute approximate surface area is 167 Å². The zero-order valence-electron chi connectivity index (χ0n) is 16.0. The van der Waals surface area contributed by atoms with Gasteiger partial charge in [0.25, 0.3) is 0 Å². The summed E-state index contributed by atoms with van der Waals surface area (Å²) in [4.78, 5) is 2.30. The molecule has 2 bridgehead atoms. The second-order valence-corrected chi connectivity index (χ2v) is 9.20. The number of aromatic hydroxyl groups is 1. The summed E-state index contributed by atoms with van der Waals surface area (Å²) in [6.45, 7) is 3.44. The molecule has 0 amide bonds. The number of aromatic amines is 1. The van der Waals surface area contributed by atoms with E-state index in [1.165, 1.54) is 24.2 Å². The first kappa shape index (κ1) is 17.6. The lowest BCUT2D eigenvalue weighted by molar-refractivity contribution is 0.0843. The van der Waals surface area contributed by atoms with Gasteiger partial charge in [0.2, 0.25) is 5.13 Å². The largest absolute Gasteiger partial charge is 0.507 e. The average Bonchev–Trinajstić information content (AvgIpc) is 3.40. The summed E-state index contributed by atoms with van der Waals surface area (Å²) in [6, 6.07) is 6.69. The number of anilines is 1. The Morgan fingerprint density at radius 2 is 2.18 bits per heavy atom. The Kier molecular flexibility index (Phi) is 4.13. The van der Waals surface area contributed by atoms with Gasteiger partial charge < -0.3 is 15.3 Å². The van der Waals surface area contributed by atoms with Crippen molar-refractivity contribution in [2.75, 3.05) is 18.5 Å². The van der Waals surface area contributed by atoms with Gasteiger partial charge in [-0.15, -0.1) is 10.2 Å². The van der Waals surface area contributed by atoms with Crippen molar-refractivity contribution in [2.45, 2.75) is 38.3 Å². The van der Waals surface area contributed by atoms with Gasteiger partial charge in [0.15, 0.2) is 5.01 Å². The molecule has 3 aromatic rings. The molecule has 7 nitrogen and oxygen atoms in total. The van der Waals surface area contributed by atoms with Crippen LogP contribution in [0, 0.1) is 5.41 Å². The van der Waals surface area contributed by atoms with Crippen molar-refractivity contribution in [2.24, 2.45) is 5.41 Å².